The molecule has 0 aromatic rings. The van der Waals surface area contributed by atoms with Gasteiger partial charge in [0.25, 0.3) is 0 Å². The van der Waals surface area contributed by atoms with Gasteiger partial charge in [-0.1, -0.05) is 12.8 Å². The molecule has 2 fully saturated rings. The summed E-state index contributed by atoms with van der Waals surface area (Å²) < 4.78 is 5.23. The van der Waals surface area contributed by atoms with Gasteiger partial charge in [-0.15, -0.1) is 0 Å². The summed E-state index contributed by atoms with van der Waals surface area (Å²) in [6.07, 6.45) is 4.13. The molecule has 19 heavy (non-hydrogen) atoms. The molecule has 0 bridgehead atoms. The van der Waals surface area contributed by atoms with Gasteiger partial charge in [0.2, 0.25) is 0 Å². The van der Waals surface area contributed by atoms with Crippen LogP contribution in [0.5, 0.6) is 0 Å². The average molecular weight is 270 g/mol. The number of carboxylic acid groups (broad SMARTS) is 1. The van der Waals surface area contributed by atoms with Crippen molar-refractivity contribution in [2.24, 2.45) is 11.3 Å². The van der Waals surface area contributed by atoms with E-state index in [4.69, 9.17) is 4.74 Å². The highest BCUT2D eigenvalue weighted by atomic mass is 16.5. The lowest BCUT2D eigenvalue weighted by Crippen LogP contribution is -2.46. The predicted octanol–water partition coefficient (Wildman–Crippen LogP) is 0.967. The summed E-state index contributed by atoms with van der Waals surface area (Å²) in [5, 5.41) is 14.8. The first-order chi connectivity index (χ1) is 9.12. The molecular weight excluding hydrogens is 248 g/mol. The van der Waals surface area contributed by atoms with Crippen LogP contribution in [0.1, 0.15) is 32.1 Å². The largest absolute Gasteiger partial charge is 0.481 e. The average Bonchev–Trinajstić information content (AvgIpc) is 3.05. The van der Waals surface area contributed by atoms with E-state index in [1.807, 2.05) is 0 Å². The van der Waals surface area contributed by atoms with E-state index in [0.717, 1.165) is 25.9 Å². The summed E-state index contributed by atoms with van der Waals surface area (Å²) in [6, 6.07) is -0.278. The Hall–Kier alpha value is -1.30. The Kier molecular flexibility index (Phi) is 4.63. The molecule has 108 valence electrons. The Labute approximate surface area is 112 Å². The van der Waals surface area contributed by atoms with Crippen molar-refractivity contribution in [1.29, 1.82) is 0 Å². The number of ether oxygens (including phenoxy) is 1. The molecule has 1 saturated carbocycles. The number of urea groups is 1. The number of rotatable bonds is 5. The number of nitrogens with one attached hydrogen (secondary N) is 2. The summed E-state index contributed by atoms with van der Waals surface area (Å²) in [5.41, 5.74) is -0.756. The van der Waals surface area contributed by atoms with Crippen LogP contribution in [0.25, 0.3) is 0 Å². The standard InChI is InChI=1S/C13H22N2O4/c16-11(17)13(4-1-2-5-13)9-15-12(18)14-7-10-3-6-19-8-10/h10H,1-9H2,(H,16,17)(H2,14,15,18). The number of hydrogen-bond donors (Lipinski definition) is 3. The Morgan fingerprint density at radius 3 is 2.58 bits per heavy atom. The third kappa shape index (κ3) is 3.59. The SMILES string of the molecule is O=C(NCC1CCOC1)NCC1(C(=O)O)CCCC1. The van der Waals surface area contributed by atoms with Gasteiger partial charge in [0, 0.05) is 25.6 Å². The van der Waals surface area contributed by atoms with Gasteiger partial charge in [-0.25, -0.2) is 4.79 Å². The summed E-state index contributed by atoms with van der Waals surface area (Å²) in [4.78, 5) is 23.0. The highest BCUT2D eigenvalue weighted by Crippen LogP contribution is 2.37. The van der Waals surface area contributed by atoms with Gasteiger partial charge < -0.3 is 20.5 Å². The lowest BCUT2D eigenvalue weighted by molar-refractivity contribution is -0.148. The van der Waals surface area contributed by atoms with Crippen LogP contribution in [0.3, 0.4) is 0 Å². The van der Waals surface area contributed by atoms with Crippen LogP contribution in [-0.2, 0) is 9.53 Å². The van der Waals surface area contributed by atoms with Gasteiger partial charge in [0.1, 0.15) is 0 Å². The van der Waals surface area contributed by atoms with Crippen molar-refractivity contribution in [1.82, 2.24) is 10.6 Å². The number of aliphatic carboxylic acids is 1. The van der Waals surface area contributed by atoms with Crippen molar-refractivity contribution in [3.05, 3.63) is 0 Å². The monoisotopic (exact) mass is 270 g/mol. The van der Waals surface area contributed by atoms with Crippen molar-refractivity contribution in [3.8, 4) is 0 Å². The highest BCUT2D eigenvalue weighted by Gasteiger charge is 2.41. The van der Waals surface area contributed by atoms with Gasteiger partial charge in [0.05, 0.1) is 12.0 Å². The van der Waals surface area contributed by atoms with Gasteiger partial charge in [-0.3, -0.25) is 4.79 Å². The predicted molar refractivity (Wildman–Crippen MR) is 68.9 cm³/mol. The van der Waals surface area contributed by atoms with Crippen LogP contribution in [0.15, 0.2) is 0 Å². The number of carbonyl (C=O) groups excluding carboxylic acids is 1. The minimum atomic E-state index is -0.797. The molecule has 1 aliphatic heterocycles. The van der Waals surface area contributed by atoms with Crippen molar-refractivity contribution in [2.45, 2.75) is 32.1 Å². The zero-order valence-corrected chi connectivity index (χ0v) is 11.1. The summed E-state index contributed by atoms with van der Waals surface area (Å²) in [6.45, 7) is 2.26. The molecule has 0 aromatic heterocycles. The lowest BCUT2D eigenvalue weighted by Gasteiger charge is -2.24. The van der Waals surface area contributed by atoms with E-state index < -0.39 is 11.4 Å². The van der Waals surface area contributed by atoms with Gasteiger partial charge in [-0.05, 0) is 19.3 Å². The van der Waals surface area contributed by atoms with Crippen LogP contribution in [-0.4, -0.2) is 43.4 Å². The summed E-state index contributed by atoms with van der Waals surface area (Å²) >= 11 is 0. The third-order valence-electron chi connectivity index (χ3n) is 4.18. The molecule has 6 nitrogen and oxygen atoms in total. The van der Waals surface area contributed by atoms with Crippen LogP contribution < -0.4 is 10.6 Å². The van der Waals surface area contributed by atoms with Crippen molar-refractivity contribution in [3.63, 3.8) is 0 Å². The second kappa shape index (κ2) is 6.23. The molecule has 0 radical (unpaired) electrons. The Morgan fingerprint density at radius 1 is 1.26 bits per heavy atom. The highest BCUT2D eigenvalue weighted by molar-refractivity contribution is 5.78. The molecule has 3 N–H and O–H groups in total. The Balaban J connectivity index is 1.71. The first-order valence-corrected chi connectivity index (χ1v) is 6.95. The maximum absolute atomic E-state index is 11.7. The van der Waals surface area contributed by atoms with Crippen molar-refractivity contribution >= 4 is 12.0 Å². The zero-order valence-electron chi connectivity index (χ0n) is 11.1. The van der Waals surface area contributed by atoms with Crippen molar-refractivity contribution in [2.75, 3.05) is 26.3 Å². The van der Waals surface area contributed by atoms with Gasteiger partial charge >= 0.3 is 12.0 Å². The smallest absolute Gasteiger partial charge is 0.314 e. The fourth-order valence-electron chi connectivity index (χ4n) is 2.81. The molecule has 1 unspecified atom stereocenters. The maximum atomic E-state index is 11.7. The van der Waals surface area contributed by atoms with E-state index in [-0.39, 0.29) is 12.6 Å². The van der Waals surface area contributed by atoms with Crippen LogP contribution in [0.2, 0.25) is 0 Å². The first-order valence-electron chi connectivity index (χ1n) is 6.95. The van der Waals surface area contributed by atoms with Gasteiger partial charge in [-0.2, -0.15) is 0 Å². The van der Waals surface area contributed by atoms with Crippen molar-refractivity contribution < 1.29 is 19.4 Å². The quantitative estimate of drug-likeness (QED) is 0.694. The topological polar surface area (TPSA) is 87.7 Å². The Morgan fingerprint density at radius 2 is 2.00 bits per heavy atom. The fourth-order valence-corrected chi connectivity index (χ4v) is 2.81. The molecule has 0 aromatic carbocycles. The van der Waals surface area contributed by atoms with E-state index in [9.17, 15) is 14.7 Å². The fraction of sp³-hybridized carbons (Fsp3) is 0.846. The normalized spacial score (nSPS) is 25.2. The minimum Gasteiger partial charge on any atom is -0.481 e. The zero-order chi connectivity index (χ0) is 13.7. The van der Waals surface area contributed by atoms with Crippen LogP contribution in [0, 0.1) is 11.3 Å². The van der Waals surface area contributed by atoms with E-state index in [0.29, 0.717) is 31.9 Å². The molecule has 2 rings (SSSR count). The molecule has 1 aliphatic carbocycles. The number of carbonyl (C=O) groups is 2. The van der Waals surface area contributed by atoms with Crippen LogP contribution in [0.4, 0.5) is 4.79 Å². The molecular formula is C13H22N2O4. The lowest BCUT2D eigenvalue weighted by atomic mass is 9.86. The van der Waals surface area contributed by atoms with Gasteiger partial charge in [0.15, 0.2) is 0 Å². The molecule has 1 saturated heterocycles. The first kappa shape index (κ1) is 14.1. The molecule has 2 aliphatic rings. The molecule has 2 amide bonds. The second-order valence-electron chi connectivity index (χ2n) is 5.59. The van der Waals surface area contributed by atoms with E-state index in [1.165, 1.54) is 0 Å². The van der Waals surface area contributed by atoms with E-state index in [1.54, 1.807) is 0 Å². The number of hydrogen-bond acceptors (Lipinski definition) is 3. The number of carboxylic acids is 1. The molecule has 0 spiro atoms. The minimum absolute atomic E-state index is 0.218. The summed E-state index contributed by atoms with van der Waals surface area (Å²) in [5.74, 6) is -0.417. The molecule has 1 atom stereocenters. The van der Waals surface area contributed by atoms with E-state index >= 15 is 0 Å². The van der Waals surface area contributed by atoms with Crippen LogP contribution >= 0.6 is 0 Å². The third-order valence-corrected chi connectivity index (χ3v) is 4.18. The van der Waals surface area contributed by atoms with E-state index in [2.05, 4.69) is 10.6 Å². The maximum Gasteiger partial charge on any atom is 0.314 e. The number of amides is 2. The molecule has 6 heteroatoms. The Bertz CT molecular complexity index is 334. The second-order valence-corrected chi connectivity index (χ2v) is 5.59. The summed E-state index contributed by atoms with van der Waals surface area (Å²) in [7, 11) is 0. The molecule has 1 heterocycles.